The number of benzene rings is 2. The maximum atomic E-state index is 13.1. The zero-order valence-corrected chi connectivity index (χ0v) is 22.2. The number of Topliss-reactive ketones (excluding diaryl/α,β-unsaturated/α-hetero) is 1. The molecule has 3 rings (SSSR count). The van der Waals surface area contributed by atoms with Crippen LogP contribution >= 0.6 is 0 Å². The third kappa shape index (κ3) is 10.5. The lowest BCUT2D eigenvalue weighted by Gasteiger charge is -2.17. The lowest BCUT2D eigenvalue weighted by atomic mass is 10.1. The maximum Gasteiger partial charge on any atom is 0.490 e. The molecule has 0 aliphatic heterocycles. The van der Waals surface area contributed by atoms with E-state index in [0.29, 0.717) is 24.4 Å². The van der Waals surface area contributed by atoms with E-state index in [2.05, 4.69) is 14.7 Å². The molecule has 1 aromatic heterocycles. The molecule has 0 saturated heterocycles. The molecule has 3 N–H and O–H groups in total. The number of hydrogen-bond acceptors (Lipinski definition) is 6. The van der Waals surface area contributed by atoms with Crippen LogP contribution in [0.3, 0.4) is 0 Å². The van der Waals surface area contributed by atoms with Crippen LogP contribution in [0.25, 0.3) is 11.3 Å². The molecule has 0 bridgehead atoms. The number of unbranched alkanes of at least 4 members (excludes halogenated alkanes) is 2. The van der Waals surface area contributed by atoms with Gasteiger partial charge in [-0.25, -0.2) is 22.9 Å². The molecule has 9 nitrogen and oxygen atoms in total. The summed E-state index contributed by atoms with van der Waals surface area (Å²) < 4.78 is 65.9. The van der Waals surface area contributed by atoms with Crippen LogP contribution in [0.1, 0.15) is 50.9 Å². The molecule has 2 aromatic carbocycles. The highest BCUT2D eigenvalue weighted by Crippen LogP contribution is 2.25. The van der Waals surface area contributed by atoms with Gasteiger partial charge in [-0.1, -0.05) is 49.2 Å². The van der Waals surface area contributed by atoms with Crippen LogP contribution in [0.15, 0.2) is 65.7 Å². The van der Waals surface area contributed by atoms with Crippen molar-refractivity contribution in [3.8, 4) is 17.0 Å². The summed E-state index contributed by atoms with van der Waals surface area (Å²) in [6.45, 7) is 1.58. The number of imidazole rings is 1. The van der Waals surface area contributed by atoms with Crippen molar-refractivity contribution in [2.24, 2.45) is 0 Å². The lowest BCUT2D eigenvalue weighted by Crippen LogP contribution is -2.29. The molecule has 0 amide bonds. The van der Waals surface area contributed by atoms with Crippen LogP contribution < -0.4 is 9.46 Å². The van der Waals surface area contributed by atoms with Gasteiger partial charge in [0.2, 0.25) is 10.0 Å². The first kappa shape index (κ1) is 31.5. The quantitative estimate of drug-likeness (QED) is 0.252. The van der Waals surface area contributed by atoms with Crippen molar-refractivity contribution in [1.29, 1.82) is 0 Å². The van der Waals surface area contributed by atoms with E-state index in [9.17, 15) is 26.4 Å². The highest BCUT2D eigenvalue weighted by Gasteiger charge is 2.38. The normalized spacial score (nSPS) is 12.2. The fourth-order valence-corrected chi connectivity index (χ4v) is 4.72. The van der Waals surface area contributed by atoms with Crippen LogP contribution in [0.4, 0.5) is 13.2 Å². The average molecular weight is 570 g/mol. The predicted octanol–water partition coefficient (Wildman–Crippen LogP) is 5.28. The number of aromatic amines is 1. The fraction of sp³-hybridized carbons (Fsp3) is 0.346. The number of aromatic nitrogens is 2. The van der Waals surface area contributed by atoms with Gasteiger partial charge < -0.3 is 19.6 Å². The highest BCUT2D eigenvalue weighted by atomic mass is 32.2. The summed E-state index contributed by atoms with van der Waals surface area (Å²) in [6.07, 6.45) is 0.122. The number of nitrogens with zero attached hydrogens (tertiary/aromatic N) is 1. The molecule has 0 aliphatic carbocycles. The minimum Gasteiger partial charge on any atom is -0.497 e. The second-order valence-electron chi connectivity index (χ2n) is 8.51. The van der Waals surface area contributed by atoms with Gasteiger partial charge in [0, 0.05) is 12.5 Å². The number of sulfonamides is 1. The van der Waals surface area contributed by atoms with Crippen molar-refractivity contribution in [2.45, 2.75) is 56.1 Å². The molecule has 0 saturated carbocycles. The van der Waals surface area contributed by atoms with E-state index in [1.807, 2.05) is 30.3 Å². The largest absolute Gasteiger partial charge is 0.497 e. The van der Waals surface area contributed by atoms with Gasteiger partial charge in [0.15, 0.2) is 0 Å². The van der Waals surface area contributed by atoms with Crippen LogP contribution in [0.2, 0.25) is 0 Å². The highest BCUT2D eigenvalue weighted by molar-refractivity contribution is 7.89. The van der Waals surface area contributed by atoms with Crippen LogP contribution in [-0.4, -0.2) is 48.5 Å². The molecule has 0 spiro atoms. The first-order chi connectivity index (χ1) is 18.3. The number of methoxy groups -OCH3 is 1. The number of aliphatic carboxylic acids is 1. The van der Waals surface area contributed by atoms with Gasteiger partial charge in [-0.3, -0.25) is 0 Å². The molecule has 1 atom stereocenters. The Labute approximate surface area is 224 Å². The number of ether oxygens (including phenoxy) is 1. The third-order valence-corrected chi connectivity index (χ3v) is 6.89. The molecular formula is C26H30F3N3O6S. The lowest BCUT2D eigenvalue weighted by molar-refractivity contribution is -0.192. The summed E-state index contributed by atoms with van der Waals surface area (Å²) >= 11 is 0. The number of carboxylic acids is 1. The Morgan fingerprint density at radius 3 is 2.33 bits per heavy atom. The Morgan fingerprint density at radius 2 is 1.74 bits per heavy atom. The van der Waals surface area contributed by atoms with Gasteiger partial charge >= 0.3 is 12.1 Å². The Kier molecular flexibility index (Phi) is 11.7. The minimum atomic E-state index is -5.08. The summed E-state index contributed by atoms with van der Waals surface area (Å²) in [6, 6.07) is 15.6. The fourth-order valence-electron chi connectivity index (χ4n) is 3.45. The average Bonchev–Trinajstić information content (AvgIpc) is 3.38. The molecule has 0 unspecified atom stereocenters. The van der Waals surface area contributed by atoms with Crippen LogP contribution in [0, 0.1) is 0 Å². The van der Waals surface area contributed by atoms with Gasteiger partial charge in [0.05, 0.1) is 29.9 Å². The molecule has 3 aromatic rings. The van der Waals surface area contributed by atoms with Gasteiger partial charge in [0.25, 0.3) is 0 Å². The number of carboxylic acid groups (broad SMARTS) is 1. The number of carbonyl (C=O) groups is 2. The van der Waals surface area contributed by atoms with Crippen molar-refractivity contribution >= 4 is 21.8 Å². The van der Waals surface area contributed by atoms with E-state index < -0.39 is 28.2 Å². The first-order valence-corrected chi connectivity index (χ1v) is 13.4. The van der Waals surface area contributed by atoms with Crippen molar-refractivity contribution in [3.05, 3.63) is 66.6 Å². The number of nitrogens with one attached hydrogen (secondary N) is 2. The number of hydrogen-bond donors (Lipinski definition) is 3. The van der Waals surface area contributed by atoms with Crippen molar-refractivity contribution < 1.29 is 41.0 Å². The molecular weight excluding hydrogens is 539 g/mol. The van der Waals surface area contributed by atoms with Gasteiger partial charge in [-0.2, -0.15) is 13.2 Å². The molecule has 1 heterocycles. The maximum absolute atomic E-state index is 13.1. The SMILES string of the molecule is COc1cccc(S(=O)(=O)N[C@@H](CCCCCC(C)=O)c2ncc(-c3ccccc3)[nH]2)c1.O=C(O)C(F)(F)F. The monoisotopic (exact) mass is 569 g/mol. The van der Waals surface area contributed by atoms with E-state index in [0.717, 1.165) is 30.5 Å². The van der Waals surface area contributed by atoms with Gasteiger partial charge in [0.1, 0.15) is 17.4 Å². The van der Waals surface area contributed by atoms with Gasteiger partial charge in [-0.05, 0) is 37.5 Å². The Hall–Kier alpha value is -3.71. The van der Waals surface area contributed by atoms with E-state index in [4.69, 9.17) is 14.6 Å². The number of alkyl halides is 3. The minimum absolute atomic E-state index is 0.133. The zero-order chi connectivity index (χ0) is 29.1. The molecule has 0 aliphatic rings. The smallest absolute Gasteiger partial charge is 0.490 e. The molecule has 0 fully saturated rings. The second-order valence-corrected chi connectivity index (χ2v) is 10.2. The van der Waals surface area contributed by atoms with E-state index in [1.54, 1.807) is 25.3 Å². The van der Waals surface area contributed by atoms with Crippen molar-refractivity contribution in [2.75, 3.05) is 7.11 Å². The first-order valence-electron chi connectivity index (χ1n) is 11.9. The topological polar surface area (TPSA) is 138 Å². The van der Waals surface area contributed by atoms with E-state index in [-0.39, 0.29) is 10.7 Å². The number of carbonyl (C=O) groups excluding carboxylic acids is 1. The van der Waals surface area contributed by atoms with E-state index in [1.165, 1.54) is 19.2 Å². The predicted molar refractivity (Wildman–Crippen MR) is 138 cm³/mol. The van der Waals surface area contributed by atoms with Crippen LogP contribution in [0.5, 0.6) is 5.75 Å². The Balaban J connectivity index is 0.000000673. The molecule has 212 valence electrons. The standard InChI is InChI=1S/C24H29N3O4S.C2HF3O2/c1-18(28)10-5-3-8-15-22(24-25-17-23(26-24)19-11-6-4-7-12-19)27-32(29,30)21-14-9-13-20(16-21)31-2;3-2(4,5)1(6)7/h4,6-7,9,11-14,16-17,22,27H,3,5,8,10,15H2,1-2H3,(H,25,26);(H,6,7)/t22-;/m0./s1. The molecule has 0 radical (unpaired) electrons. The summed E-state index contributed by atoms with van der Waals surface area (Å²) in [7, 11) is -2.30. The number of ketones is 1. The van der Waals surface area contributed by atoms with Crippen molar-refractivity contribution in [3.63, 3.8) is 0 Å². The molecule has 13 heteroatoms. The van der Waals surface area contributed by atoms with E-state index >= 15 is 0 Å². The third-order valence-electron chi connectivity index (χ3n) is 5.42. The summed E-state index contributed by atoms with van der Waals surface area (Å²) in [4.78, 5) is 27.9. The summed E-state index contributed by atoms with van der Waals surface area (Å²) in [5.41, 5.74) is 1.80. The van der Waals surface area contributed by atoms with Crippen LogP contribution in [-0.2, 0) is 19.6 Å². The number of H-pyrrole nitrogens is 1. The summed E-state index contributed by atoms with van der Waals surface area (Å²) in [5, 5.41) is 7.12. The molecule has 39 heavy (non-hydrogen) atoms. The van der Waals surface area contributed by atoms with Crippen molar-refractivity contribution in [1.82, 2.24) is 14.7 Å². The second kappa shape index (κ2) is 14.4. The zero-order valence-electron chi connectivity index (χ0n) is 21.4. The Morgan fingerprint density at radius 1 is 1.08 bits per heavy atom. The number of rotatable bonds is 12. The Bertz CT molecular complexity index is 1330. The van der Waals surface area contributed by atoms with Gasteiger partial charge in [-0.15, -0.1) is 0 Å². The summed E-state index contributed by atoms with van der Waals surface area (Å²) in [5.74, 6) is -1.56. The number of halogens is 3.